The van der Waals surface area contributed by atoms with Crippen LogP contribution in [0.1, 0.15) is 30.7 Å². The maximum absolute atomic E-state index is 11.2. The van der Waals surface area contributed by atoms with Crippen LogP contribution in [0.15, 0.2) is 12.1 Å². The fourth-order valence-corrected chi connectivity index (χ4v) is 2.15. The van der Waals surface area contributed by atoms with Crippen LogP contribution in [0.5, 0.6) is 0 Å². The predicted octanol–water partition coefficient (Wildman–Crippen LogP) is 3.31. The third-order valence-electron chi connectivity index (χ3n) is 3.22. The molecule has 0 aliphatic heterocycles. The molecule has 2 N–H and O–H groups in total. The molecule has 0 fully saturated rings. The molecule has 90 valence electrons. The van der Waals surface area contributed by atoms with Gasteiger partial charge < -0.3 is 10.3 Å². The smallest absolute Gasteiger partial charge is 0.221 e. The Kier molecular flexibility index (Phi) is 2.92. The van der Waals surface area contributed by atoms with Crippen LogP contribution in [0.25, 0.3) is 10.9 Å². The first-order valence-electron chi connectivity index (χ1n) is 5.92. The molecule has 3 nitrogen and oxygen atoms in total. The van der Waals surface area contributed by atoms with Crippen molar-refractivity contribution in [2.24, 2.45) is 0 Å². The summed E-state index contributed by atoms with van der Waals surface area (Å²) in [5.41, 5.74) is 5.63. The molecule has 1 heterocycles. The summed E-state index contributed by atoms with van der Waals surface area (Å²) >= 11 is 0. The number of hydrogen-bond acceptors (Lipinski definition) is 1. The van der Waals surface area contributed by atoms with Gasteiger partial charge >= 0.3 is 0 Å². The van der Waals surface area contributed by atoms with E-state index in [1.165, 1.54) is 29.1 Å². The zero-order valence-corrected chi connectivity index (χ0v) is 10.8. The van der Waals surface area contributed by atoms with Crippen molar-refractivity contribution in [3.63, 3.8) is 0 Å². The molecule has 0 unspecified atom stereocenters. The van der Waals surface area contributed by atoms with E-state index < -0.39 is 0 Å². The van der Waals surface area contributed by atoms with Crippen LogP contribution < -0.4 is 5.32 Å². The number of fused-ring (bicyclic) bond motifs is 1. The van der Waals surface area contributed by atoms with E-state index in [4.69, 9.17) is 0 Å². The molecular formula is C14H18N2O. The number of rotatable bonds is 2. The molecule has 2 rings (SSSR count). The van der Waals surface area contributed by atoms with Crippen LogP contribution in [0.2, 0.25) is 0 Å². The largest absolute Gasteiger partial charge is 0.358 e. The topological polar surface area (TPSA) is 44.9 Å². The predicted molar refractivity (Wildman–Crippen MR) is 71.5 cm³/mol. The minimum atomic E-state index is -0.0287. The lowest BCUT2D eigenvalue weighted by Crippen LogP contribution is -2.07. The summed E-state index contributed by atoms with van der Waals surface area (Å²) < 4.78 is 0. The molecule has 17 heavy (non-hydrogen) atoms. The number of anilines is 1. The highest BCUT2D eigenvalue weighted by atomic mass is 16.1. The molecule has 1 aromatic carbocycles. The molecule has 0 bridgehead atoms. The molecule has 0 atom stereocenters. The Balaban J connectivity index is 2.64. The Morgan fingerprint density at radius 3 is 2.65 bits per heavy atom. The van der Waals surface area contributed by atoms with Crippen LogP contribution in [0.3, 0.4) is 0 Å². The number of benzene rings is 1. The van der Waals surface area contributed by atoms with Gasteiger partial charge in [0.05, 0.1) is 0 Å². The van der Waals surface area contributed by atoms with Gasteiger partial charge in [-0.2, -0.15) is 0 Å². The number of amides is 1. The zero-order chi connectivity index (χ0) is 12.6. The van der Waals surface area contributed by atoms with Crippen molar-refractivity contribution in [1.82, 2.24) is 4.98 Å². The van der Waals surface area contributed by atoms with E-state index in [-0.39, 0.29) is 5.91 Å². The Labute approximate surface area is 101 Å². The fourth-order valence-electron chi connectivity index (χ4n) is 2.15. The van der Waals surface area contributed by atoms with Crippen molar-refractivity contribution >= 4 is 22.5 Å². The summed E-state index contributed by atoms with van der Waals surface area (Å²) in [6.07, 6.45) is 0.912. The van der Waals surface area contributed by atoms with E-state index in [1.54, 1.807) is 0 Å². The summed E-state index contributed by atoms with van der Waals surface area (Å²) in [6.45, 7) is 7.82. The molecule has 0 spiro atoms. The minimum Gasteiger partial charge on any atom is -0.358 e. The lowest BCUT2D eigenvalue weighted by Gasteiger charge is -2.09. The van der Waals surface area contributed by atoms with Crippen molar-refractivity contribution < 1.29 is 4.79 Å². The number of aryl methyl sites for hydroxylation is 3. The zero-order valence-electron chi connectivity index (χ0n) is 10.8. The van der Waals surface area contributed by atoms with Crippen LogP contribution in [0, 0.1) is 13.8 Å². The molecule has 1 aromatic heterocycles. The quantitative estimate of drug-likeness (QED) is 0.816. The number of aromatic nitrogens is 1. The van der Waals surface area contributed by atoms with Crippen LogP contribution in [0.4, 0.5) is 5.69 Å². The third-order valence-corrected chi connectivity index (χ3v) is 3.22. The SMILES string of the molecule is CCc1cc2c(C)c(C)[nH]c2cc1NC(C)=O. The molecule has 0 saturated carbocycles. The molecule has 0 saturated heterocycles. The third kappa shape index (κ3) is 2.05. The standard InChI is InChI=1S/C14H18N2O/c1-5-11-6-12-8(2)9(3)15-14(12)7-13(11)16-10(4)17/h6-7,15H,5H2,1-4H3,(H,16,17). The maximum atomic E-state index is 11.2. The number of H-pyrrole nitrogens is 1. The highest BCUT2D eigenvalue weighted by Crippen LogP contribution is 2.28. The van der Waals surface area contributed by atoms with E-state index in [0.29, 0.717) is 0 Å². The number of nitrogens with one attached hydrogen (secondary N) is 2. The van der Waals surface area contributed by atoms with Crippen LogP contribution >= 0.6 is 0 Å². The van der Waals surface area contributed by atoms with E-state index in [9.17, 15) is 4.79 Å². The van der Waals surface area contributed by atoms with E-state index in [1.807, 2.05) is 6.07 Å². The maximum Gasteiger partial charge on any atom is 0.221 e. The van der Waals surface area contributed by atoms with Gasteiger partial charge in [0.25, 0.3) is 0 Å². The number of carbonyl (C=O) groups is 1. The number of aromatic amines is 1. The first-order valence-corrected chi connectivity index (χ1v) is 5.92. The summed E-state index contributed by atoms with van der Waals surface area (Å²) in [5.74, 6) is -0.0287. The van der Waals surface area contributed by atoms with E-state index in [0.717, 1.165) is 17.6 Å². The molecule has 1 amide bonds. The van der Waals surface area contributed by atoms with Crippen molar-refractivity contribution in [3.05, 3.63) is 29.0 Å². The Bertz CT molecular complexity index is 581. The van der Waals surface area contributed by atoms with Gasteiger partial charge in [-0.05, 0) is 43.5 Å². The lowest BCUT2D eigenvalue weighted by atomic mass is 10.0. The van der Waals surface area contributed by atoms with Crippen molar-refractivity contribution in [3.8, 4) is 0 Å². The van der Waals surface area contributed by atoms with Crippen molar-refractivity contribution in [2.45, 2.75) is 34.1 Å². The number of carbonyl (C=O) groups excluding carboxylic acids is 1. The average molecular weight is 230 g/mol. The van der Waals surface area contributed by atoms with Gasteiger partial charge in [0.1, 0.15) is 0 Å². The summed E-state index contributed by atoms with van der Waals surface area (Å²) in [4.78, 5) is 14.5. The monoisotopic (exact) mass is 230 g/mol. The summed E-state index contributed by atoms with van der Waals surface area (Å²) in [5, 5.41) is 4.13. The van der Waals surface area contributed by atoms with Gasteiger partial charge in [0, 0.05) is 29.2 Å². The second-order valence-corrected chi connectivity index (χ2v) is 4.46. The first kappa shape index (κ1) is 11.7. The van der Waals surface area contributed by atoms with E-state index >= 15 is 0 Å². The first-order chi connectivity index (χ1) is 8.02. The lowest BCUT2D eigenvalue weighted by molar-refractivity contribution is -0.114. The van der Waals surface area contributed by atoms with Gasteiger partial charge in [0.15, 0.2) is 0 Å². The van der Waals surface area contributed by atoms with Gasteiger partial charge in [-0.1, -0.05) is 6.92 Å². The molecule has 0 radical (unpaired) electrons. The van der Waals surface area contributed by atoms with Gasteiger partial charge in [-0.15, -0.1) is 0 Å². The van der Waals surface area contributed by atoms with Gasteiger partial charge in [0.2, 0.25) is 5.91 Å². The van der Waals surface area contributed by atoms with E-state index in [2.05, 4.69) is 37.1 Å². The molecule has 0 aliphatic rings. The molecule has 0 aliphatic carbocycles. The van der Waals surface area contributed by atoms with Crippen molar-refractivity contribution in [1.29, 1.82) is 0 Å². The molecule has 3 heteroatoms. The second-order valence-electron chi connectivity index (χ2n) is 4.46. The fraction of sp³-hybridized carbons (Fsp3) is 0.357. The summed E-state index contributed by atoms with van der Waals surface area (Å²) in [6, 6.07) is 4.19. The second kappa shape index (κ2) is 4.24. The Hall–Kier alpha value is -1.77. The Morgan fingerprint density at radius 1 is 1.35 bits per heavy atom. The minimum absolute atomic E-state index is 0.0287. The highest BCUT2D eigenvalue weighted by molar-refractivity contribution is 5.95. The Morgan fingerprint density at radius 2 is 2.06 bits per heavy atom. The van der Waals surface area contributed by atoms with Crippen LogP contribution in [-0.2, 0) is 11.2 Å². The van der Waals surface area contributed by atoms with Gasteiger partial charge in [-0.3, -0.25) is 4.79 Å². The number of hydrogen-bond donors (Lipinski definition) is 2. The van der Waals surface area contributed by atoms with Gasteiger partial charge in [-0.25, -0.2) is 0 Å². The average Bonchev–Trinajstić information content (AvgIpc) is 2.53. The highest BCUT2D eigenvalue weighted by Gasteiger charge is 2.09. The van der Waals surface area contributed by atoms with Crippen molar-refractivity contribution in [2.75, 3.05) is 5.32 Å². The summed E-state index contributed by atoms with van der Waals surface area (Å²) in [7, 11) is 0. The normalized spacial score (nSPS) is 10.8. The molecule has 2 aromatic rings. The molecular weight excluding hydrogens is 212 g/mol. The van der Waals surface area contributed by atoms with Crippen LogP contribution in [-0.4, -0.2) is 10.9 Å².